The zero-order valence-corrected chi connectivity index (χ0v) is 14.0. The van der Waals surface area contributed by atoms with Gasteiger partial charge in [0.05, 0.1) is 5.69 Å². The maximum absolute atomic E-state index is 4.16. The summed E-state index contributed by atoms with van der Waals surface area (Å²) in [6, 6.07) is 11.6. The Bertz CT molecular complexity index is 761. The summed E-state index contributed by atoms with van der Waals surface area (Å²) in [6.45, 7) is 2.24. The summed E-state index contributed by atoms with van der Waals surface area (Å²) in [6.07, 6.45) is 7.02. The van der Waals surface area contributed by atoms with Crippen molar-refractivity contribution in [1.82, 2.24) is 20.1 Å². The molecule has 0 fully saturated rings. The molecule has 0 amide bonds. The maximum Gasteiger partial charge on any atom is 0.138 e. The Morgan fingerprint density at radius 1 is 1.26 bits per heavy atom. The molecule has 0 spiro atoms. The second-order valence-electron chi connectivity index (χ2n) is 6.06. The van der Waals surface area contributed by atoms with Gasteiger partial charge in [0.1, 0.15) is 12.7 Å². The van der Waals surface area contributed by atoms with Crippen LogP contribution < -0.4 is 5.32 Å². The van der Waals surface area contributed by atoms with Gasteiger partial charge in [0.25, 0.3) is 0 Å². The number of thiophene rings is 1. The summed E-state index contributed by atoms with van der Waals surface area (Å²) in [5.41, 5.74) is 3.85. The molecule has 4 rings (SSSR count). The van der Waals surface area contributed by atoms with E-state index in [1.165, 1.54) is 30.4 Å². The van der Waals surface area contributed by atoms with Crippen LogP contribution in [0.15, 0.2) is 48.4 Å². The number of nitrogens with zero attached hydrogens (tertiary/aromatic N) is 3. The summed E-state index contributed by atoms with van der Waals surface area (Å²) in [4.78, 5) is 5.55. The van der Waals surface area contributed by atoms with Crippen LogP contribution in [0, 0.1) is 0 Å². The van der Waals surface area contributed by atoms with E-state index in [1.807, 2.05) is 11.3 Å². The lowest BCUT2D eigenvalue weighted by Gasteiger charge is -2.27. The molecular weight excluding hydrogens is 304 g/mol. The number of hydrogen-bond donors (Lipinski definition) is 1. The van der Waals surface area contributed by atoms with Crippen LogP contribution in [-0.2, 0) is 6.42 Å². The number of benzene rings is 1. The molecule has 0 saturated heterocycles. The van der Waals surface area contributed by atoms with Crippen LogP contribution in [-0.4, -0.2) is 14.8 Å². The Kier molecular flexibility index (Phi) is 3.97. The van der Waals surface area contributed by atoms with Crippen LogP contribution in [0.5, 0.6) is 0 Å². The third kappa shape index (κ3) is 2.94. The number of fused-ring (bicyclic) bond motifs is 1. The van der Waals surface area contributed by atoms with Crippen LogP contribution in [0.2, 0.25) is 0 Å². The lowest BCUT2D eigenvalue weighted by Crippen LogP contribution is -2.27. The highest BCUT2D eigenvalue weighted by atomic mass is 32.1. The molecule has 0 aliphatic heterocycles. The molecule has 5 heteroatoms. The van der Waals surface area contributed by atoms with E-state index in [2.05, 4.69) is 58.0 Å². The van der Waals surface area contributed by atoms with Crippen molar-refractivity contribution in [2.45, 2.75) is 38.3 Å². The molecule has 2 atom stereocenters. The predicted octanol–water partition coefficient (Wildman–Crippen LogP) is 4.06. The number of hydrogen-bond acceptors (Lipinski definition) is 4. The van der Waals surface area contributed by atoms with Crippen molar-refractivity contribution in [3.8, 4) is 5.69 Å². The van der Waals surface area contributed by atoms with Gasteiger partial charge in [-0.25, -0.2) is 9.67 Å². The van der Waals surface area contributed by atoms with Crippen LogP contribution in [0.3, 0.4) is 0 Å². The number of nitrogens with one attached hydrogen (secondary N) is 1. The van der Waals surface area contributed by atoms with Gasteiger partial charge in [0.15, 0.2) is 0 Å². The molecular formula is C18H20N4S. The number of aryl methyl sites for hydroxylation is 1. The molecule has 1 aliphatic carbocycles. The second-order valence-corrected chi connectivity index (χ2v) is 7.06. The van der Waals surface area contributed by atoms with Gasteiger partial charge in [0.2, 0.25) is 0 Å². The van der Waals surface area contributed by atoms with E-state index in [0.29, 0.717) is 12.1 Å². The summed E-state index contributed by atoms with van der Waals surface area (Å²) >= 11 is 1.90. The Morgan fingerprint density at radius 3 is 2.91 bits per heavy atom. The Morgan fingerprint density at radius 2 is 2.13 bits per heavy atom. The van der Waals surface area contributed by atoms with Gasteiger partial charge < -0.3 is 5.32 Å². The Hall–Kier alpha value is -1.98. The first-order chi connectivity index (χ1) is 11.3. The molecule has 2 aromatic heterocycles. The first-order valence-electron chi connectivity index (χ1n) is 8.08. The van der Waals surface area contributed by atoms with Crippen molar-refractivity contribution in [2.75, 3.05) is 0 Å². The Labute approximate surface area is 140 Å². The van der Waals surface area contributed by atoms with Crippen molar-refractivity contribution < 1.29 is 0 Å². The van der Waals surface area contributed by atoms with E-state index >= 15 is 0 Å². The van der Waals surface area contributed by atoms with Gasteiger partial charge in [0, 0.05) is 17.0 Å². The molecule has 3 aromatic rings. The molecule has 1 aromatic carbocycles. The van der Waals surface area contributed by atoms with E-state index in [1.54, 1.807) is 22.2 Å². The van der Waals surface area contributed by atoms with Crippen LogP contribution in [0.4, 0.5) is 0 Å². The zero-order valence-electron chi connectivity index (χ0n) is 13.1. The van der Waals surface area contributed by atoms with Crippen molar-refractivity contribution in [2.24, 2.45) is 0 Å². The van der Waals surface area contributed by atoms with Crippen LogP contribution >= 0.6 is 11.3 Å². The monoisotopic (exact) mass is 324 g/mol. The molecule has 0 bridgehead atoms. The van der Waals surface area contributed by atoms with Crippen LogP contribution in [0.25, 0.3) is 5.69 Å². The second kappa shape index (κ2) is 6.26. The van der Waals surface area contributed by atoms with E-state index in [4.69, 9.17) is 0 Å². The summed E-state index contributed by atoms with van der Waals surface area (Å²) in [5, 5.41) is 10.2. The average molecular weight is 324 g/mol. The highest BCUT2D eigenvalue weighted by Crippen LogP contribution is 2.34. The van der Waals surface area contributed by atoms with Crippen LogP contribution in [0.1, 0.15) is 47.9 Å². The highest BCUT2D eigenvalue weighted by Gasteiger charge is 2.22. The fourth-order valence-corrected chi connectivity index (χ4v) is 4.30. The standard InChI is InChI=1S/C18H20N4S/c1-13(21-17-3-2-4-18-16(17)9-10-23-18)14-5-7-15(8-6-14)22-12-19-11-20-22/h5-13,17,21H,2-4H2,1H3/t13-,17-/m1/s1. The van der Waals surface area contributed by atoms with E-state index in [9.17, 15) is 0 Å². The topological polar surface area (TPSA) is 42.7 Å². The first-order valence-corrected chi connectivity index (χ1v) is 8.96. The highest BCUT2D eigenvalue weighted by molar-refractivity contribution is 7.10. The van der Waals surface area contributed by atoms with E-state index < -0.39 is 0 Å². The van der Waals surface area contributed by atoms with Gasteiger partial charge in [-0.15, -0.1) is 11.3 Å². The van der Waals surface area contributed by atoms with E-state index in [0.717, 1.165) is 5.69 Å². The SMILES string of the molecule is C[C@@H](N[C@@H]1CCCc2sccc21)c1ccc(-n2cncn2)cc1. The van der Waals surface area contributed by atoms with Gasteiger partial charge in [-0.3, -0.25) is 0 Å². The average Bonchev–Trinajstić information content (AvgIpc) is 3.27. The third-order valence-electron chi connectivity index (χ3n) is 4.58. The molecule has 118 valence electrons. The van der Waals surface area contributed by atoms with Gasteiger partial charge in [-0.1, -0.05) is 12.1 Å². The van der Waals surface area contributed by atoms with E-state index in [-0.39, 0.29) is 0 Å². The maximum atomic E-state index is 4.16. The van der Waals surface area contributed by atoms with Gasteiger partial charge in [-0.2, -0.15) is 5.10 Å². The molecule has 4 nitrogen and oxygen atoms in total. The van der Waals surface area contributed by atoms with Gasteiger partial charge in [-0.05, 0) is 60.9 Å². The minimum Gasteiger partial charge on any atom is -0.303 e. The van der Waals surface area contributed by atoms with Crippen molar-refractivity contribution >= 4 is 11.3 Å². The normalized spacial score (nSPS) is 18.6. The third-order valence-corrected chi connectivity index (χ3v) is 5.58. The lowest BCUT2D eigenvalue weighted by atomic mass is 9.93. The summed E-state index contributed by atoms with van der Waals surface area (Å²) in [5.74, 6) is 0. The molecule has 2 heterocycles. The summed E-state index contributed by atoms with van der Waals surface area (Å²) in [7, 11) is 0. The van der Waals surface area contributed by atoms with Crippen molar-refractivity contribution in [3.63, 3.8) is 0 Å². The number of aromatic nitrogens is 3. The van der Waals surface area contributed by atoms with Gasteiger partial charge >= 0.3 is 0 Å². The van der Waals surface area contributed by atoms with Crippen molar-refractivity contribution in [1.29, 1.82) is 0 Å². The minimum absolute atomic E-state index is 0.329. The largest absolute Gasteiger partial charge is 0.303 e. The summed E-state index contributed by atoms with van der Waals surface area (Å²) < 4.78 is 1.78. The lowest BCUT2D eigenvalue weighted by molar-refractivity contribution is 0.418. The predicted molar refractivity (Wildman–Crippen MR) is 92.9 cm³/mol. The molecule has 0 saturated carbocycles. The fraction of sp³-hybridized carbons (Fsp3) is 0.333. The molecule has 23 heavy (non-hydrogen) atoms. The molecule has 1 aliphatic rings. The zero-order chi connectivity index (χ0) is 15.6. The molecule has 0 unspecified atom stereocenters. The Balaban J connectivity index is 1.49. The smallest absolute Gasteiger partial charge is 0.138 e. The molecule has 0 radical (unpaired) electrons. The quantitative estimate of drug-likeness (QED) is 0.787. The first kappa shape index (κ1) is 14.6. The minimum atomic E-state index is 0.329. The fourth-order valence-electron chi connectivity index (χ4n) is 3.31. The molecule has 1 N–H and O–H groups in total. The number of rotatable bonds is 4. The van der Waals surface area contributed by atoms with Crippen molar-refractivity contribution in [3.05, 3.63) is 64.4 Å².